The summed E-state index contributed by atoms with van der Waals surface area (Å²) in [5.74, 6) is 0. The Balaban J connectivity index is 0.000000106. The van der Waals surface area contributed by atoms with Gasteiger partial charge in [-0.3, -0.25) is 0 Å². The van der Waals surface area contributed by atoms with Gasteiger partial charge in [0.05, 0.1) is 49.0 Å². The first-order valence-electron chi connectivity index (χ1n) is 46.0. The predicted molar refractivity (Wildman–Crippen MR) is 572 cm³/mol. The number of benzene rings is 22. The van der Waals surface area contributed by atoms with Crippen LogP contribution in [0.15, 0.2) is 497 Å². The first-order valence-corrected chi connectivity index (χ1v) is 51.1. The molecule has 3 aliphatic rings. The summed E-state index contributed by atoms with van der Waals surface area (Å²) in [5, 5.41) is 21.7. The van der Waals surface area contributed by atoms with Crippen molar-refractivity contribution in [3.05, 3.63) is 497 Å². The van der Waals surface area contributed by atoms with E-state index in [2.05, 4.69) is 408 Å². The van der Waals surface area contributed by atoms with Gasteiger partial charge in [-0.05, 0) is 195 Å². The highest BCUT2D eigenvalue weighted by Crippen LogP contribution is 2.60. The molecular weight excluding hydrogens is 1700 g/mol. The number of hydrogen-bond donors (Lipinski definition) is 0. The van der Waals surface area contributed by atoms with Crippen molar-refractivity contribution in [3.63, 3.8) is 0 Å². The third-order valence-corrected chi connectivity index (χ3v) is 37.6. The summed E-state index contributed by atoms with van der Waals surface area (Å²) in [6.45, 7) is 0. The highest BCUT2D eigenvalue weighted by molar-refractivity contribution is 7.88. The van der Waals surface area contributed by atoms with Crippen molar-refractivity contribution in [2.75, 3.05) is 0 Å². The number of rotatable bonds is 10. The summed E-state index contributed by atoms with van der Waals surface area (Å²) in [6, 6.07) is 174. The third kappa shape index (κ3) is 12.5. The molecule has 0 fully saturated rings. The molecule has 6 heterocycles. The minimum atomic E-state index is -3.32. The molecule has 0 bridgehead atoms. The molecule has 3 atom stereocenters. The molecule has 28 rings (SSSR count). The largest absolute Gasteiger partial charge is 0.309 e. The van der Waals surface area contributed by atoms with Gasteiger partial charge in [-0.25, -0.2) is 0 Å². The third-order valence-electron chi connectivity index (χ3n) is 28.1. The Kier molecular flexibility index (Phi) is 18.7. The molecule has 9 heteroatoms. The van der Waals surface area contributed by atoms with Crippen molar-refractivity contribution in [2.45, 2.75) is 0 Å². The van der Waals surface area contributed by atoms with Gasteiger partial charge in [0.15, 0.2) is 21.4 Å². The Hall–Kier alpha value is -16.3. The zero-order chi connectivity index (χ0) is 89.6. The number of fused-ring (bicyclic) bond motifs is 25. The van der Waals surface area contributed by atoms with Gasteiger partial charge in [0, 0.05) is 81.2 Å². The summed E-state index contributed by atoms with van der Waals surface area (Å²) in [4.78, 5) is 0. The molecule has 3 aliphatic heterocycles. The molecule has 0 amide bonds. The fourth-order valence-corrected chi connectivity index (χ4v) is 32.0. The molecule has 25 aromatic rings. The summed E-state index contributed by atoms with van der Waals surface area (Å²) < 4.78 is 55.6. The quantitative estimate of drug-likeness (QED) is 0.128. The Morgan fingerprint density at radius 2 is 0.452 bits per heavy atom. The fourth-order valence-electron chi connectivity index (χ4n) is 22.0. The van der Waals surface area contributed by atoms with E-state index in [-0.39, 0.29) is 0 Å². The first-order chi connectivity index (χ1) is 66.6. The van der Waals surface area contributed by atoms with Crippen LogP contribution in [-0.4, -0.2) is 13.7 Å². The van der Waals surface area contributed by atoms with Gasteiger partial charge in [0.2, 0.25) is 0 Å². The molecule has 0 spiro atoms. The molecule has 0 saturated carbocycles. The maximum atomic E-state index is 16.3. The van der Waals surface area contributed by atoms with Crippen LogP contribution in [0.4, 0.5) is 0 Å². The molecule has 0 radical (unpaired) electrons. The maximum absolute atomic E-state index is 16.3. The van der Waals surface area contributed by atoms with E-state index in [1.165, 1.54) is 16.7 Å². The van der Waals surface area contributed by atoms with E-state index >= 15 is 13.7 Å². The number of hydrogen-bond acceptors (Lipinski definition) is 3. The standard InChI is InChI=1S/C46H30NOP.2C40H26NOP/c48-49(38-20-8-3-9-21-38)44-30-34-19-11-10-18-33(34)29-42(44)41-25-24-40-39-22-12-13-23-43(39)47(45(40)46(41)49)37-27-35(31-14-4-1-5-15-31)26-36(28-37)32-16-6-2-7-17-32;42-43(32-18-5-2-6-19-32)38-26-30-15-8-7-14-29(30)25-36(38)35-23-22-34-33-20-9-10-21-37(33)41(39(34)40(35)43)31-17-11-16-28(24-31)27-12-3-1-4-13-27;42-43(31-14-5-2-6-15-31)39-32-16-8-7-13-29(32)21-24-35(39)36-26-25-34-33-17-9-10-18-37(33)41(38(34)40(36)43)30-22-19-28(20-23-30)27-11-3-1-4-12-27/h1-30H;2*1-26H. The van der Waals surface area contributed by atoms with Crippen LogP contribution in [0.25, 0.3) is 193 Å². The molecule has 135 heavy (non-hydrogen) atoms. The highest BCUT2D eigenvalue weighted by Gasteiger charge is 2.47. The Morgan fingerprint density at radius 1 is 0.156 bits per heavy atom. The van der Waals surface area contributed by atoms with Crippen molar-refractivity contribution in [1.82, 2.24) is 13.7 Å². The van der Waals surface area contributed by atoms with Gasteiger partial charge in [0.25, 0.3) is 0 Å². The van der Waals surface area contributed by atoms with E-state index < -0.39 is 21.4 Å². The Labute approximate surface area is 781 Å². The summed E-state index contributed by atoms with van der Waals surface area (Å²) in [7, 11) is -9.84. The lowest BCUT2D eigenvalue weighted by Gasteiger charge is -2.20. The Morgan fingerprint density at radius 3 is 0.889 bits per heavy atom. The van der Waals surface area contributed by atoms with E-state index in [9.17, 15) is 0 Å². The molecule has 3 aromatic heterocycles. The van der Waals surface area contributed by atoms with Crippen molar-refractivity contribution in [2.24, 2.45) is 0 Å². The zero-order valence-electron chi connectivity index (χ0n) is 73.3. The van der Waals surface area contributed by atoms with Gasteiger partial charge in [-0.1, -0.05) is 413 Å². The van der Waals surface area contributed by atoms with Gasteiger partial charge < -0.3 is 27.4 Å². The van der Waals surface area contributed by atoms with Crippen molar-refractivity contribution >= 4 is 167 Å². The summed E-state index contributed by atoms with van der Waals surface area (Å²) in [5.41, 5.74) is 25.1. The second-order valence-electron chi connectivity index (χ2n) is 35.4. The van der Waals surface area contributed by atoms with Crippen molar-refractivity contribution in [1.29, 1.82) is 0 Å². The molecular formula is C126H82N3O3P3. The van der Waals surface area contributed by atoms with E-state index in [1.54, 1.807) is 0 Å². The van der Waals surface area contributed by atoms with Crippen LogP contribution >= 0.6 is 21.4 Å². The lowest BCUT2D eigenvalue weighted by molar-refractivity contribution is 0.592. The van der Waals surface area contributed by atoms with Gasteiger partial charge in [-0.2, -0.15) is 0 Å². The minimum Gasteiger partial charge on any atom is -0.309 e. The monoisotopic (exact) mass is 1780 g/mol. The SMILES string of the molecule is O=P1(c2ccccc2)c2c(ccc3ccccc23)-c2ccc3c4ccccc4n(-c4ccc(-c5ccccc5)cc4)c3c21.O=P1(c2ccccc2)c2cc3ccccc3cc2-c2ccc3c4ccccc4n(-c4cc(-c5ccccc5)cc(-c5ccccc5)c4)c3c21.O=P1(c2ccccc2)c2cc3ccccc3cc2-c2ccc3c4ccccc4n(-c4cccc(-c5ccccc5)c4)c3c21. The van der Waals surface area contributed by atoms with Crippen molar-refractivity contribution < 1.29 is 13.7 Å². The molecule has 0 aliphatic carbocycles. The predicted octanol–water partition coefficient (Wildman–Crippen LogP) is 29.3. The highest BCUT2D eigenvalue weighted by atomic mass is 31.2. The number of aromatic nitrogens is 3. The Bertz CT molecular complexity index is 9260. The summed E-state index contributed by atoms with van der Waals surface area (Å²) >= 11 is 0. The van der Waals surface area contributed by atoms with Crippen LogP contribution in [0.3, 0.4) is 0 Å². The average molecular weight is 1780 g/mol. The van der Waals surface area contributed by atoms with Gasteiger partial charge in [0.1, 0.15) is 0 Å². The zero-order valence-corrected chi connectivity index (χ0v) is 75.9. The second-order valence-corrected chi connectivity index (χ2v) is 43.4. The molecule has 22 aromatic carbocycles. The van der Waals surface area contributed by atoms with E-state index in [4.69, 9.17) is 0 Å². The average Bonchev–Trinajstić information content (AvgIpc) is 1.53. The number of para-hydroxylation sites is 3. The molecule has 0 N–H and O–H groups in total. The smallest absolute Gasteiger partial charge is 0.174 e. The van der Waals surface area contributed by atoms with E-state index in [0.29, 0.717) is 0 Å². The van der Waals surface area contributed by atoms with Gasteiger partial charge in [-0.15, -0.1) is 0 Å². The van der Waals surface area contributed by atoms with Gasteiger partial charge >= 0.3 is 0 Å². The number of nitrogens with zero attached hydrogens (tertiary/aromatic N) is 3. The van der Waals surface area contributed by atoms with Crippen LogP contribution in [0.1, 0.15) is 0 Å². The van der Waals surface area contributed by atoms with Crippen LogP contribution in [-0.2, 0) is 13.7 Å². The maximum Gasteiger partial charge on any atom is 0.174 e. The van der Waals surface area contributed by atoms with E-state index in [0.717, 1.165) is 224 Å². The van der Waals surface area contributed by atoms with Crippen LogP contribution in [0.2, 0.25) is 0 Å². The fraction of sp³-hybridized carbons (Fsp3) is 0. The lowest BCUT2D eigenvalue weighted by atomic mass is 9.97. The molecule has 634 valence electrons. The molecule has 3 unspecified atom stereocenters. The second kappa shape index (κ2) is 31.8. The van der Waals surface area contributed by atoms with E-state index in [1.807, 2.05) is 103 Å². The minimum absolute atomic E-state index is 0.859. The normalized spacial score (nSPS) is 15.4. The summed E-state index contributed by atoms with van der Waals surface area (Å²) in [6.07, 6.45) is 0. The van der Waals surface area contributed by atoms with Crippen molar-refractivity contribution in [3.8, 4) is 95.0 Å². The van der Waals surface area contributed by atoms with Crippen LogP contribution in [0.5, 0.6) is 0 Å². The van der Waals surface area contributed by atoms with Crippen LogP contribution in [0, 0.1) is 0 Å². The first kappa shape index (κ1) is 79.6. The molecule has 0 saturated heterocycles. The topological polar surface area (TPSA) is 66.0 Å². The lowest BCUT2D eigenvalue weighted by Crippen LogP contribution is -2.23. The van der Waals surface area contributed by atoms with Crippen LogP contribution < -0.4 is 47.7 Å². The molecule has 6 nitrogen and oxygen atoms in total.